The van der Waals surface area contributed by atoms with Crippen molar-refractivity contribution in [1.29, 1.82) is 0 Å². The van der Waals surface area contributed by atoms with Crippen LogP contribution in [0.5, 0.6) is 5.75 Å². The molecule has 0 atom stereocenters. The van der Waals surface area contributed by atoms with Crippen LogP contribution in [0.15, 0.2) is 60.7 Å². The topological polar surface area (TPSA) is 93.7 Å². The zero-order valence-electron chi connectivity index (χ0n) is 16.1. The number of carbonyl (C=O) groups is 3. The summed E-state index contributed by atoms with van der Waals surface area (Å²) in [5.74, 6) is -1.20. The van der Waals surface area contributed by atoms with Crippen molar-refractivity contribution in [3.05, 3.63) is 71.2 Å². The van der Waals surface area contributed by atoms with Gasteiger partial charge in [0.05, 0.1) is 12.1 Å². The highest BCUT2D eigenvalue weighted by Gasteiger charge is 2.12. The molecule has 0 heterocycles. The second-order valence-corrected chi connectivity index (χ2v) is 6.71. The van der Waals surface area contributed by atoms with Gasteiger partial charge in [0.25, 0.3) is 11.8 Å². The number of hydrogen-bond acceptors (Lipinski definition) is 5. The molecule has 0 aliphatic heterocycles. The second kappa shape index (κ2) is 9.76. The van der Waals surface area contributed by atoms with Crippen LogP contribution in [-0.4, -0.2) is 38.0 Å². The Morgan fingerprint density at radius 3 is 2.47 bits per heavy atom. The SMILES string of the molecule is COc1ccc(NC(=O)COC(=O)CNC(=O)c2ccc3ccccc3c2)cc1Cl. The number of carbonyl (C=O) groups excluding carboxylic acids is 3. The molecule has 3 aromatic carbocycles. The van der Waals surface area contributed by atoms with Crippen LogP contribution >= 0.6 is 11.6 Å². The summed E-state index contributed by atoms with van der Waals surface area (Å²) in [6.07, 6.45) is 0. The first kappa shape index (κ1) is 21.1. The fraction of sp³-hybridized carbons (Fsp3) is 0.136. The van der Waals surface area contributed by atoms with Crippen molar-refractivity contribution in [2.45, 2.75) is 0 Å². The molecule has 0 unspecified atom stereocenters. The molecule has 0 aliphatic rings. The average molecular weight is 427 g/mol. The highest BCUT2D eigenvalue weighted by atomic mass is 35.5. The number of hydrogen-bond donors (Lipinski definition) is 2. The van der Waals surface area contributed by atoms with Gasteiger partial charge in [-0.05, 0) is 41.1 Å². The largest absolute Gasteiger partial charge is 0.495 e. The van der Waals surface area contributed by atoms with Gasteiger partial charge in [-0.3, -0.25) is 14.4 Å². The maximum Gasteiger partial charge on any atom is 0.325 e. The number of amides is 2. The lowest BCUT2D eigenvalue weighted by Gasteiger charge is -2.09. The van der Waals surface area contributed by atoms with Crippen LogP contribution in [0.2, 0.25) is 5.02 Å². The van der Waals surface area contributed by atoms with Crippen LogP contribution in [0.3, 0.4) is 0 Å². The molecule has 3 aromatic rings. The van der Waals surface area contributed by atoms with Gasteiger partial charge in [-0.2, -0.15) is 0 Å². The van der Waals surface area contributed by atoms with E-state index < -0.39 is 24.4 Å². The van der Waals surface area contributed by atoms with Gasteiger partial charge in [-0.25, -0.2) is 0 Å². The summed E-state index contributed by atoms with van der Waals surface area (Å²) in [6.45, 7) is -0.846. The van der Waals surface area contributed by atoms with Gasteiger partial charge in [-0.15, -0.1) is 0 Å². The quantitative estimate of drug-likeness (QED) is 0.565. The summed E-state index contributed by atoms with van der Waals surface area (Å²) in [4.78, 5) is 36.0. The fourth-order valence-corrected chi connectivity index (χ4v) is 2.98. The average Bonchev–Trinajstić information content (AvgIpc) is 2.75. The molecule has 0 aromatic heterocycles. The predicted octanol–water partition coefficient (Wildman–Crippen LogP) is 3.41. The first-order valence-corrected chi connectivity index (χ1v) is 9.40. The Morgan fingerprint density at radius 2 is 1.73 bits per heavy atom. The van der Waals surface area contributed by atoms with E-state index in [4.69, 9.17) is 21.1 Å². The Bertz CT molecular complexity index is 1100. The van der Waals surface area contributed by atoms with E-state index in [1.54, 1.807) is 24.3 Å². The van der Waals surface area contributed by atoms with E-state index in [0.717, 1.165) is 10.8 Å². The molecular weight excluding hydrogens is 408 g/mol. The molecule has 0 bridgehead atoms. The Balaban J connectivity index is 1.45. The lowest BCUT2D eigenvalue weighted by atomic mass is 10.1. The number of methoxy groups -OCH3 is 1. The highest BCUT2D eigenvalue weighted by molar-refractivity contribution is 6.32. The minimum atomic E-state index is -0.730. The Labute approximate surface area is 177 Å². The third-order valence-corrected chi connectivity index (χ3v) is 4.50. The zero-order valence-corrected chi connectivity index (χ0v) is 16.9. The van der Waals surface area contributed by atoms with E-state index in [1.807, 2.05) is 30.3 Å². The van der Waals surface area contributed by atoms with Crippen molar-refractivity contribution in [1.82, 2.24) is 5.32 Å². The third kappa shape index (κ3) is 5.48. The molecule has 2 amide bonds. The van der Waals surface area contributed by atoms with Crippen LogP contribution in [0, 0.1) is 0 Å². The molecule has 7 nitrogen and oxygen atoms in total. The maximum absolute atomic E-state index is 12.2. The molecule has 0 saturated heterocycles. The molecule has 3 rings (SSSR count). The van der Waals surface area contributed by atoms with Crippen LogP contribution in [0.25, 0.3) is 10.8 Å². The smallest absolute Gasteiger partial charge is 0.325 e. The maximum atomic E-state index is 12.2. The molecule has 0 fully saturated rings. The lowest BCUT2D eigenvalue weighted by molar-refractivity contribution is -0.146. The van der Waals surface area contributed by atoms with Crippen LogP contribution in [0.1, 0.15) is 10.4 Å². The van der Waals surface area contributed by atoms with E-state index >= 15 is 0 Å². The van der Waals surface area contributed by atoms with Crippen molar-refractivity contribution in [2.24, 2.45) is 0 Å². The first-order chi connectivity index (χ1) is 14.5. The van der Waals surface area contributed by atoms with Gasteiger partial charge >= 0.3 is 5.97 Å². The van der Waals surface area contributed by atoms with Gasteiger partial charge in [0, 0.05) is 11.3 Å². The molecule has 8 heteroatoms. The van der Waals surface area contributed by atoms with Crippen LogP contribution < -0.4 is 15.4 Å². The van der Waals surface area contributed by atoms with E-state index in [-0.39, 0.29) is 6.54 Å². The van der Waals surface area contributed by atoms with Gasteiger partial charge < -0.3 is 20.1 Å². The number of rotatable bonds is 7. The Morgan fingerprint density at radius 1 is 0.967 bits per heavy atom. The summed E-state index contributed by atoms with van der Waals surface area (Å²) in [6, 6.07) is 17.6. The summed E-state index contributed by atoms with van der Waals surface area (Å²) < 4.78 is 9.92. The molecule has 0 spiro atoms. The van der Waals surface area contributed by atoms with Crippen LogP contribution in [-0.2, 0) is 14.3 Å². The zero-order chi connectivity index (χ0) is 21.5. The second-order valence-electron chi connectivity index (χ2n) is 6.30. The number of benzene rings is 3. The monoisotopic (exact) mass is 426 g/mol. The molecule has 154 valence electrons. The van der Waals surface area contributed by atoms with Crippen molar-refractivity contribution in [2.75, 3.05) is 25.6 Å². The third-order valence-electron chi connectivity index (χ3n) is 4.20. The summed E-state index contributed by atoms with van der Waals surface area (Å²) in [5.41, 5.74) is 0.863. The molecular formula is C22H19ClN2O5. The molecule has 0 radical (unpaired) electrons. The standard InChI is InChI=1S/C22H19ClN2O5/c1-29-19-9-8-17(11-18(19)23)25-20(26)13-30-21(27)12-24-22(28)16-7-6-14-4-2-3-5-15(14)10-16/h2-11H,12-13H2,1H3,(H,24,28)(H,25,26). The predicted molar refractivity (Wildman–Crippen MR) is 114 cm³/mol. The fourth-order valence-electron chi connectivity index (χ4n) is 2.72. The number of halogens is 1. The van der Waals surface area contributed by atoms with E-state index in [2.05, 4.69) is 10.6 Å². The molecule has 2 N–H and O–H groups in total. The van der Waals surface area contributed by atoms with E-state index in [0.29, 0.717) is 22.0 Å². The number of esters is 1. The normalized spacial score (nSPS) is 10.3. The van der Waals surface area contributed by atoms with Crippen molar-refractivity contribution >= 4 is 45.8 Å². The van der Waals surface area contributed by atoms with Crippen molar-refractivity contribution in [3.63, 3.8) is 0 Å². The number of ether oxygens (including phenoxy) is 2. The van der Waals surface area contributed by atoms with Gasteiger partial charge in [0.1, 0.15) is 12.3 Å². The van der Waals surface area contributed by atoms with Crippen LogP contribution in [0.4, 0.5) is 5.69 Å². The highest BCUT2D eigenvalue weighted by Crippen LogP contribution is 2.27. The summed E-state index contributed by atoms with van der Waals surface area (Å²) in [7, 11) is 1.48. The summed E-state index contributed by atoms with van der Waals surface area (Å²) >= 11 is 5.99. The Kier molecular flexibility index (Phi) is 6.87. The van der Waals surface area contributed by atoms with Gasteiger partial charge in [-0.1, -0.05) is 41.9 Å². The lowest BCUT2D eigenvalue weighted by Crippen LogP contribution is -2.32. The van der Waals surface area contributed by atoms with Gasteiger partial charge in [0.2, 0.25) is 0 Å². The minimum Gasteiger partial charge on any atom is -0.495 e. The molecule has 0 saturated carbocycles. The van der Waals surface area contributed by atoms with Crippen molar-refractivity contribution in [3.8, 4) is 5.75 Å². The number of anilines is 1. The van der Waals surface area contributed by atoms with E-state index in [9.17, 15) is 14.4 Å². The minimum absolute atomic E-state index is 0.337. The Hall–Kier alpha value is -3.58. The molecule has 0 aliphatic carbocycles. The first-order valence-electron chi connectivity index (χ1n) is 9.02. The number of nitrogens with one attached hydrogen (secondary N) is 2. The number of fused-ring (bicyclic) bond motifs is 1. The van der Waals surface area contributed by atoms with Gasteiger partial charge in [0.15, 0.2) is 6.61 Å². The summed E-state index contributed by atoms with van der Waals surface area (Å²) in [5, 5.41) is 7.30. The molecule has 30 heavy (non-hydrogen) atoms. The van der Waals surface area contributed by atoms with E-state index in [1.165, 1.54) is 13.2 Å². The van der Waals surface area contributed by atoms with Crippen molar-refractivity contribution < 1.29 is 23.9 Å².